The number of benzene rings is 1. The van der Waals surface area contributed by atoms with Crippen LogP contribution in [0.3, 0.4) is 0 Å². The van der Waals surface area contributed by atoms with E-state index in [0.29, 0.717) is 17.4 Å². The Kier molecular flexibility index (Phi) is 7.21. The molecule has 0 unspecified atom stereocenters. The first kappa shape index (κ1) is 16.9. The molecule has 0 aromatic heterocycles. The van der Waals surface area contributed by atoms with Gasteiger partial charge in [-0.05, 0) is 30.7 Å². The minimum absolute atomic E-state index is 0.429. The molecule has 1 aromatic rings. The summed E-state index contributed by atoms with van der Waals surface area (Å²) in [5.74, 6) is -0.496. The minimum Gasteiger partial charge on any atom is -0.384 e. The normalized spacial score (nSPS) is 11.2. The van der Waals surface area contributed by atoms with Gasteiger partial charge in [0.15, 0.2) is 0 Å². The van der Waals surface area contributed by atoms with E-state index >= 15 is 0 Å². The molecule has 5 nitrogen and oxygen atoms in total. The van der Waals surface area contributed by atoms with E-state index in [1.165, 1.54) is 6.08 Å². The fourth-order valence-electron chi connectivity index (χ4n) is 1.59. The zero-order valence-corrected chi connectivity index (χ0v) is 12.7. The van der Waals surface area contributed by atoms with Gasteiger partial charge in [0.2, 0.25) is 0 Å². The highest BCUT2D eigenvalue weighted by Gasteiger charge is 2.09. The maximum absolute atomic E-state index is 11.8. The van der Waals surface area contributed by atoms with Crippen LogP contribution in [0.2, 0.25) is 0 Å². The summed E-state index contributed by atoms with van der Waals surface area (Å²) in [5, 5.41) is 10.5. The van der Waals surface area contributed by atoms with Crippen molar-refractivity contribution in [2.45, 2.75) is 6.42 Å². The molecular formula is C16H22N2O3. The molecule has 114 valence electrons. The number of amides is 1. The maximum Gasteiger partial charge on any atom is 0.274 e. The van der Waals surface area contributed by atoms with Crippen molar-refractivity contribution in [3.05, 3.63) is 48.6 Å². The molecule has 21 heavy (non-hydrogen) atoms. The third kappa shape index (κ3) is 5.81. The summed E-state index contributed by atoms with van der Waals surface area (Å²) < 4.78 is 4.90. The standard InChI is InChI=1S/C16H22N2O3/c1-17(2)14-9-11-15(12-10-14)18(20)16(19)8-6-4-5-7-13-21-3/h4-6,8-12,20H,7,13H2,1-3H3. The van der Waals surface area contributed by atoms with Crippen LogP contribution in [-0.4, -0.2) is 38.9 Å². The number of allylic oxidation sites excluding steroid dienone is 2. The van der Waals surface area contributed by atoms with Gasteiger partial charge in [0, 0.05) is 39.6 Å². The van der Waals surface area contributed by atoms with Gasteiger partial charge in [-0.25, -0.2) is 0 Å². The lowest BCUT2D eigenvalue weighted by molar-refractivity contribution is -0.118. The third-order valence-electron chi connectivity index (χ3n) is 2.79. The highest BCUT2D eigenvalue weighted by atomic mass is 16.5. The molecular weight excluding hydrogens is 268 g/mol. The zero-order chi connectivity index (χ0) is 15.7. The number of methoxy groups -OCH3 is 1. The second-order valence-corrected chi connectivity index (χ2v) is 4.63. The Morgan fingerprint density at radius 1 is 1.19 bits per heavy atom. The van der Waals surface area contributed by atoms with Crippen LogP contribution < -0.4 is 9.96 Å². The number of hydrogen-bond acceptors (Lipinski definition) is 4. The van der Waals surface area contributed by atoms with Gasteiger partial charge in [-0.1, -0.05) is 18.2 Å². The molecule has 0 radical (unpaired) electrons. The first-order valence-corrected chi connectivity index (χ1v) is 6.68. The summed E-state index contributed by atoms with van der Waals surface area (Å²) in [7, 11) is 5.49. The molecule has 1 amide bonds. The minimum atomic E-state index is -0.496. The lowest BCUT2D eigenvalue weighted by Gasteiger charge is -2.16. The quantitative estimate of drug-likeness (QED) is 0.276. The molecule has 0 aliphatic carbocycles. The maximum atomic E-state index is 11.8. The number of hydroxylamine groups is 1. The number of hydrogen-bond donors (Lipinski definition) is 1. The lowest BCUT2D eigenvalue weighted by Crippen LogP contribution is -2.24. The number of carbonyl (C=O) groups is 1. The van der Waals surface area contributed by atoms with Crippen LogP contribution in [0.4, 0.5) is 11.4 Å². The molecule has 0 bridgehead atoms. The van der Waals surface area contributed by atoms with Crippen LogP contribution in [0.25, 0.3) is 0 Å². The lowest BCUT2D eigenvalue weighted by atomic mass is 10.2. The monoisotopic (exact) mass is 290 g/mol. The number of anilines is 2. The molecule has 1 aromatic carbocycles. The first-order valence-electron chi connectivity index (χ1n) is 6.68. The van der Waals surface area contributed by atoms with Gasteiger partial charge in [-0.15, -0.1) is 0 Å². The second-order valence-electron chi connectivity index (χ2n) is 4.63. The van der Waals surface area contributed by atoms with Crippen LogP contribution >= 0.6 is 0 Å². The van der Waals surface area contributed by atoms with Crippen molar-refractivity contribution in [1.82, 2.24) is 0 Å². The van der Waals surface area contributed by atoms with E-state index in [1.807, 2.05) is 37.2 Å². The van der Waals surface area contributed by atoms with Crippen LogP contribution in [0.1, 0.15) is 6.42 Å². The summed E-state index contributed by atoms with van der Waals surface area (Å²) >= 11 is 0. The van der Waals surface area contributed by atoms with E-state index in [4.69, 9.17) is 4.74 Å². The number of rotatable bonds is 7. The van der Waals surface area contributed by atoms with E-state index in [0.717, 1.165) is 12.1 Å². The smallest absolute Gasteiger partial charge is 0.274 e. The Balaban J connectivity index is 2.57. The Morgan fingerprint density at radius 3 is 2.38 bits per heavy atom. The fourth-order valence-corrected chi connectivity index (χ4v) is 1.59. The second kappa shape index (κ2) is 8.94. The predicted molar refractivity (Wildman–Crippen MR) is 84.8 cm³/mol. The number of nitrogens with zero attached hydrogens (tertiary/aromatic N) is 2. The summed E-state index contributed by atoms with van der Waals surface area (Å²) in [6.45, 7) is 0.642. The third-order valence-corrected chi connectivity index (χ3v) is 2.79. The summed E-state index contributed by atoms with van der Waals surface area (Å²) in [6, 6.07) is 7.05. The van der Waals surface area contributed by atoms with E-state index in [2.05, 4.69) is 0 Å². The molecule has 1 N–H and O–H groups in total. The fraction of sp³-hybridized carbons (Fsp3) is 0.312. The van der Waals surface area contributed by atoms with Crippen molar-refractivity contribution in [3.8, 4) is 0 Å². The number of ether oxygens (including phenoxy) is 1. The van der Waals surface area contributed by atoms with Crippen molar-refractivity contribution in [2.24, 2.45) is 0 Å². The van der Waals surface area contributed by atoms with Gasteiger partial charge in [0.25, 0.3) is 5.91 Å². The van der Waals surface area contributed by atoms with Crippen molar-refractivity contribution >= 4 is 17.3 Å². The molecule has 0 fully saturated rings. The predicted octanol–water partition coefficient (Wildman–Crippen LogP) is 2.62. The van der Waals surface area contributed by atoms with Crippen LogP contribution in [-0.2, 0) is 9.53 Å². The Morgan fingerprint density at radius 2 is 1.81 bits per heavy atom. The van der Waals surface area contributed by atoms with Gasteiger partial charge >= 0.3 is 0 Å². The molecule has 0 spiro atoms. The van der Waals surface area contributed by atoms with E-state index < -0.39 is 5.91 Å². The Bertz CT molecular complexity index is 493. The average Bonchev–Trinajstić information content (AvgIpc) is 2.49. The van der Waals surface area contributed by atoms with Gasteiger partial charge in [-0.3, -0.25) is 10.0 Å². The summed E-state index contributed by atoms with van der Waals surface area (Å²) in [6.07, 6.45) is 7.32. The van der Waals surface area contributed by atoms with Crippen molar-refractivity contribution in [2.75, 3.05) is 37.8 Å². The van der Waals surface area contributed by atoms with Crippen molar-refractivity contribution in [3.63, 3.8) is 0 Å². The van der Waals surface area contributed by atoms with E-state index in [9.17, 15) is 10.0 Å². The molecule has 0 aliphatic rings. The molecule has 5 heteroatoms. The highest BCUT2D eigenvalue weighted by molar-refractivity contribution is 5.99. The molecule has 0 saturated carbocycles. The van der Waals surface area contributed by atoms with Crippen molar-refractivity contribution < 1.29 is 14.7 Å². The molecule has 0 saturated heterocycles. The summed E-state index contributed by atoms with van der Waals surface area (Å²) in [5.41, 5.74) is 1.43. The van der Waals surface area contributed by atoms with Gasteiger partial charge in [0.05, 0.1) is 5.69 Å². The van der Waals surface area contributed by atoms with Gasteiger partial charge in [0.1, 0.15) is 0 Å². The topological polar surface area (TPSA) is 53.0 Å². The Labute approximate surface area is 125 Å². The number of carbonyl (C=O) groups excluding carboxylic acids is 1. The van der Waals surface area contributed by atoms with Crippen LogP contribution in [0, 0.1) is 0 Å². The van der Waals surface area contributed by atoms with Crippen molar-refractivity contribution in [1.29, 1.82) is 0 Å². The SMILES string of the molecule is COCCC=CC=CC(=O)N(O)c1ccc(N(C)C)cc1. The van der Waals surface area contributed by atoms with Crippen LogP contribution in [0.15, 0.2) is 48.6 Å². The zero-order valence-electron chi connectivity index (χ0n) is 12.7. The Hall–Kier alpha value is -2.11. The molecule has 0 atom stereocenters. The molecule has 0 aliphatic heterocycles. The van der Waals surface area contributed by atoms with Gasteiger partial charge < -0.3 is 9.64 Å². The summed E-state index contributed by atoms with van der Waals surface area (Å²) in [4.78, 5) is 13.7. The highest BCUT2D eigenvalue weighted by Crippen LogP contribution is 2.18. The molecule has 0 heterocycles. The largest absolute Gasteiger partial charge is 0.384 e. The van der Waals surface area contributed by atoms with Crippen LogP contribution in [0.5, 0.6) is 0 Å². The van der Waals surface area contributed by atoms with E-state index in [1.54, 1.807) is 31.4 Å². The first-order chi connectivity index (χ1) is 10.1. The average molecular weight is 290 g/mol. The van der Waals surface area contributed by atoms with E-state index in [-0.39, 0.29) is 0 Å². The molecule has 1 rings (SSSR count). The van der Waals surface area contributed by atoms with Gasteiger partial charge in [-0.2, -0.15) is 5.06 Å².